The molecule has 1 saturated heterocycles. The van der Waals surface area contributed by atoms with Gasteiger partial charge in [0, 0.05) is 5.75 Å². The summed E-state index contributed by atoms with van der Waals surface area (Å²) in [6, 6.07) is 8.84. The first kappa shape index (κ1) is 20.6. The SMILES string of the molecule is CCCCCCc1ccc(C=C(CS)B2OC(C)(C)C(C)(C)O2)cc1. The molecule has 0 unspecified atom stereocenters. The van der Waals surface area contributed by atoms with Gasteiger partial charge in [0.05, 0.1) is 11.2 Å². The Morgan fingerprint density at radius 1 is 1.00 bits per heavy atom. The number of hydrogen-bond acceptors (Lipinski definition) is 3. The molecule has 4 heteroatoms. The van der Waals surface area contributed by atoms with Crippen LogP contribution in [0.3, 0.4) is 0 Å². The number of unbranched alkanes of at least 4 members (excludes halogenated alkanes) is 3. The molecule has 1 heterocycles. The third-order valence-corrected chi connectivity index (χ3v) is 5.75. The zero-order chi connectivity index (χ0) is 18.5. The second kappa shape index (κ2) is 8.79. The molecular formula is C21H33BO2S. The molecule has 2 nitrogen and oxygen atoms in total. The Kier molecular flexibility index (Phi) is 7.24. The third kappa shape index (κ3) is 5.38. The maximum absolute atomic E-state index is 6.15. The topological polar surface area (TPSA) is 18.5 Å². The Bertz CT molecular complexity index is 562. The van der Waals surface area contributed by atoms with Gasteiger partial charge in [0.2, 0.25) is 0 Å². The standard InChI is InChI=1S/C21H33BO2S/c1-6-7-8-9-10-17-11-13-18(14-12-17)15-19(16-25)22-23-20(2,3)21(4,5)24-22/h11-15,25H,6-10,16H2,1-5H3. The van der Waals surface area contributed by atoms with E-state index in [-0.39, 0.29) is 18.3 Å². The largest absolute Gasteiger partial charge is 0.491 e. The van der Waals surface area contributed by atoms with E-state index in [0.29, 0.717) is 5.75 Å². The third-order valence-electron chi connectivity index (χ3n) is 5.39. The van der Waals surface area contributed by atoms with Gasteiger partial charge >= 0.3 is 7.12 Å². The van der Waals surface area contributed by atoms with Gasteiger partial charge in [-0.15, -0.1) is 0 Å². The first-order valence-electron chi connectivity index (χ1n) is 9.55. The lowest BCUT2D eigenvalue weighted by Gasteiger charge is -2.32. The van der Waals surface area contributed by atoms with Crippen molar-refractivity contribution in [3.05, 3.63) is 40.9 Å². The molecule has 0 N–H and O–H groups in total. The van der Waals surface area contributed by atoms with Crippen molar-refractivity contribution in [3.63, 3.8) is 0 Å². The van der Waals surface area contributed by atoms with Gasteiger partial charge < -0.3 is 9.31 Å². The highest BCUT2D eigenvalue weighted by Gasteiger charge is 2.52. The molecule has 0 saturated carbocycles. The Morgan fingerprint density at radius 2 is 1.60 bits per heavy atom. The molecular weight excluding hydrogens is 327 g/mol. The molecule has 1 aliphatic rings. The summed E-state index contributed by atoms with van der Waals surface area (Å²) in [5.74, 6) is 0.621. The monoisotopic (exact) mass is 360 g/mol. The Morgan fingerprint density at radius 3 is 2.12 bits per heavy atom. The van der Waals surface area contributed by atoms with E-state index in [1.165, 1.54) is 43.2 Å². The van der Waals surface area contributed by atoms with Crippen molar-refractivity contribution in [3.8, 4) is 0 Å². The van der Waals surface area contributed by atoms with Gasteiger partial charge in [-0.25, -0.2) is 0 Å². The summed E-state index contributed by atoms with van der Waals surface area (Å²) < 4.78 is 12.3. The van der Waals surface area contributed by atoms with Gasteiger partial charge in [-0.05, 0) is 57.1 Å². The molecule has 0 radical (unpaired) electrons. The van der Waals surface area contributed by atoms with Gasteiger partial charge in [0.1, 0.15) is 0 Å². The first-order valence-corrected chi connectivity index (χ1v) is 10.2. The molecule has 138 valence electrons. The molecule has 0 atom stereocenters. The predicted molar refractivity (Wildman–Crippen MR) is 112 cm³/mol. The van der Waals surface area contributed by atoms with Crippen molar-refractivity contribution >= 4 is 25.8 Å². The van der Waals surface area contributed by atoms with Crippen molar-refractivity contribution < 1.29 is 9.31 Å². The maximum atomic E-state index is 6.15. The second-order valence-electron chi connectivity index (χ2n) is 8.02. The average Bonchev–Trinajstić information content (AvgIpc) is 2.78. The summed E-state index contributed by atoms with van der Waals surface area (Å²) in [4.78, 5) is 0. The molecule has 1 aromatic carbocycles. The molecule has 0 amide bonds. The van der Waals surface area contributed by atoms with E-state index in [0.717, 1.165) is 5.47 Å². The molecule has 0 aliphatic carbocycles. The summed E-state index contributed by atoms with van der Waals surface area (Å²) in [5.41, 5.74) is 3.02. The van der Waals surface area contributed by atoms with E-state index >= 15 is 0 Å². The van der Waals surface area contributed by atoms with E-state index in [1.54, 1.807) is 0 Å². The summed E-state index contributed by atoms with van der Waals surface area (Å²) >= 11 is 4.49. The van der Waals surface area contributed by atoms with Crippen molar-refractivity contribution in [2.24, 2.45) is 0 Å². The second-order valence-corrected chi connectivity index (χ2v) is 8.33. The molecule has 0 spiro atoms. The van der Waals surface area contributed by atoms with Crippen LogP contribution in [-0.4, -0.2) is 24.1 Å². The molecule has 25 heavy (non-hydrogen) atoms. The lowest BCUT2D eigenvalue weighted by atomic mass is 9.78. The van der Waals surface area contributed by atoms with Crippen molar-refractivity contribution in [1.29, 1.82) is 0 Å². The number of thiol groups is 1. The predicted octanol–water partition coefficient (Wildman–Crippen LogP) is 5.75. The average molecular weight is 360 g/mol. The van der Waals surface area contributed by atoms with E-state index in [1.807, 2.05) is 0 Å². The molecule has 1 fully saturated rings. The molecule has 2 rings (SSSR count). The fraction of sp³-hybridized carbons (Fsp3) is 0.619. The summed E-state index contributed by atoms with van der Waals surface area (Å²) in [7, 11) is -0.323. The van der Waals surface area contributed by atoms with Crippen LogP contribution in [-0.2, 0) is 15.7 Å². The lowest BCUT2D eigenvalue weighted by molar-refractivity contribution is 0.00578. The van der Waals surface area contributed by atoms with Gasteiger partial charge in [-0.2, -0.15) is 12.6 Å². The zero-order valence-electron chi connectivity index (χ0n) is 16.5. The summed E-state index contributed by atoms with van der Waals surface area (Å²) in [5, 5.41) is 0. The van der Waals surface area contributed by atoms with Crippen LogP contribution in [0.15, 0.2) is 29.7 Å². The van der Waals surface area contributed by atoms with Gasteiger partial charge in [0.15, 0.2) is 0 Å². The lowest BCUT2D eigenvalue weighted by Crippen LogP contribution is -2.41. The minimum atomic E-state index is -0.323. The fourth-order valence-corrected chi connectivity index (χ4v) is 3.17. The number of hydrogen-bond donors (Lipinski definition) is 1. The van der Waals surface area contributed by atoms with Gasteiger partial charge in [-0.3, -0.25) is 0 Å². The number of aryl methyl sites for hydroxylation is 1. The van der Waals surface area contributed by atoms with E-state index in [9.17, 15) is 0 Å². The van der Waals surface area contributed by atoms with Crippen molar-refractivity contribution in [2.45, 2.75) is 77.9 Å². The highest BCUT2D eigenvalue weighted by molar-refractivity contribution is 7.80. The van der Waals surface area contributed by atoms with Crippen LogP contribution in [0.2, 0.25) is 0 Å². The number of rotatable bonds is 8. The van der Waals surface area contributed by atoms with Gasteiger partial charge in [0.25, 0.3) is 0 Å². The molecule has 1 aromatic rings. The fourth-order valence-electron chi connectivity index (χ4n) is 2.93. The van der Waals surface area contributed by atoms with E-state index in [4.69, 9.17) is 9.31 Å². The van der Waals surface area contributed by atoms with Crippen LogP contribution in [0.4, 0.5) is 0 Å². The number of benzene rings is 1. The summed E-state index contributed by atoms with van der Waals surface area (Å²) in [6.07, 6.45) is 8.54. The molecule has 1 aliphatic heterocycles. The van der Waals surface area contributed by atoms with Crippen LogP contribution in [0, 0.1) is 0 Å². The van der Waals surface area contributed by atoms with Crippen molar-refractivity contribution in [1.82, 2.24) is 0 Å². The Hall–Kier alpha value is -0.705. The van der Waals surface area contributed by atoms with E-state index < -0.39 is 0 Å². The molecule has 0 aromatic heterocycles. The minimum Gasteiger partial charge on any atom is -0.400 e. The van der Waals surface area contributed by atoms with Crippen LogP contribution in [0.1, 0.15) is 71.4 Å². The van der Waals surface area contributed by atoms with Crippen LogP contribution < -0.4 is 0 Å². The van der Waals surface area contributed by atoms with E-state index in [2.05, 4.69) is 77.6 Å². The smallest absolute Gasteiger partial charge is 0.400 e. The highest BCUT2D eigenvalue weighted by atomic mass is 32.1. The Balaban J connectivity index is 2.02. The zero-order valence-corrected chi connectivity index (χ0v) is 17.4. The van der Waals surface area contributed by atoms with Crippen LogP contribution in [0.5, 0.6) is 0 Å². The quantitative estimate of drug-likeness (QED) is 0.361. The maximum Gasteiger partial charge on any atom is 0.491 e. The van der Waals surface area contributed by atoms with Crippen molar-refractivity contribution in [2.75, 3.05) is 5.75 Å². The minimum absolute atomic E-state index is 0.317. The normalized spacial score (nSPS) is 19.4. The summed E-state index contributed by atoms with van der Waals surface area (Å²) in [6.45, 7) is 10.6. The first-order chi connectivity index (χ1) is 11.8. The molecule has 0 bridgehead atoms. The van der Waals surface area contributed by atoms with Crippen LogP contribution in [0.25, 0.3) is 6.08 Å². The van der Waals surface area contributed by atoms with Crippen LogP contribution >= 0.6 is 12.6 Å². The van der Waals surface area contributed by atoms with Gasteiger partial charge in [-0.1, -0.05) is 56.5 Å². The Labute approximate surface area is 159 Å². The highest BCUT2D eigenvalue weighted by Crippen LogP contribution is 2.39.